The highest BCUT2D eigenvalue weighted by atomic mass is 35.5. The van der Waals surface area contributed by atoms with Crippen LogP contribution in [0.4, 0.5) is 5.69 Å². The Morgan fingerprint density at radius 2 is 2.38 bits per heavy atom. The van der Waals surface area contributed by atoms with Gasteiger partial charge in [0.1, 0.15) is 0 Å². The van der Waals surface area contributed by atoms with Gasteiger partial charge in [0.2, 0.25) is 5.91 Å². The SMILES string of the molecule is Cc1cc(Cl)c2c(c1)SCCN2C(=O)CN. The van der Waals surface area contributed by atoms with Crippen LogP contribution < -0.4 is 10.6 Å². The molecule has 0 spiro atoms. The smallest absolute Gasteiger partial charge is 0.240 e. The summed E-state index contributed by atoms with van der Waals surface area (Å²) in [5.74, 6) is 0.811. The van der Waals surface area contributed by atoms with E-state index in [4.69, 9.17) is 17.3 Å². The lowest BCUT2D eigenvalue weighted by molar-refractivity contribution is -0.117. The van der Waals surface area contributed by atoms with Gasteiger partial charge in [0.25, 0.3) is 0 Å². The number of aryl methyl sites for hydroxylation is 1. The predicted octanol–water partition coefficient (Wildman–Crippen LogP) is 2.05. The largest absolute Gasteiger partial charge is 0.322 e. The Bertz CT molecular complexity index is 436. The van der Waals surface area contributed by atoms with Crippen molar-refractivity contribution in [3.05, 3.63) is 22.7 Å². The maximum absolute atomic E-state index is 11.7. The molecule has 0 saturated carbocycles. The Balaban J connectivity index is 2.49. The van der Waals surface area contributed by atoms with Crippen LogP contribution in [0.5, 0.6) is 0 Å². The molecule has 3 nitrogen and oxygen atoms in total. The topological polar surface area (TPSA) is 46.3 Å². The molecule has 86 valence electrons. The van der Waals surface area contributed by atoms with E-state index in [0.717, 1.165) is 21.9 Å². The van der Waals surface area contributed by atoms with Crippen LogP contribution in [0.25, 0.3) is 0 Å². The lowest BCUT2D eigenvalue weighted by Gasteiger charge is -2.29. The molecule has 0 aromatic heterocycles. The normalized spacial score (nSPS) is 14.8. The second-order valence-corrected chi connectivity index (χ2v) is 5.24. The van der Waals surface area contributed by atoms with Gasteiger partial charge < -0.3 is 10.6 Å². The molecule has 1 heterocycles. The lowest BCUT2D eigenvalue weighted by atomic mass is 10.2. The lowest BCUT2D eigenvalue weighted by Crippen LogP contribution is -2.39. The number of amides is 1. The van der Waals surface area contributed by atoms with Gasteiger partial charge >= 0.3 is 0 Å². The number of halogens is 1. The number of thioether (sulfide) groups is 1. The van der Waals surface area contributed by atoms with Crippen molar-refractivity contribution in [3.63, 3.8) is 0 Å². The van der Waals surface area contributed by atoms with E-state index in [1.54, 1.807) is 16.7 Å². The number of fused-ring (bicyclic) bond motifs is 1. The van der Waals surface area contributed by atoms with Crippen LogP contribution >= 0.6 is 23.4 Å². The van der Waals surface area contributed by atoms with Crippen LogP contribution in [0, 0.1) is 6.92 Å². The minimum atomic E-state index is -0.0766. The molecular weight excluding hydrogens is 244 g/mol. The van der Waals surface area contributed by atoms with Gasteiger partial charge in [-0.1, -0.05) is 11.6 Å². The number of hydrogen-bond acceptors (Lipinski definition) is 3. The molecule has 1 aromatic rings. The first kappa shape index (κ1) is 11.8. The van der Waals surface area contributed by atoms with Crippen molar-refractivity contribution < 1.29 is 4.79 Å². The second-order valence-electron chi connectivity index (χ2n) is 3.69. The number of anilines is 1. The third-order valence-electron chi connectivity index (χ3n) is 2.49. The van der Waals surface area contributed by atoms with E-state index < -0.39 is 0 Å². The summed E-state index contributed by atoms with van der Waals surface area (Å²) in [6, 6.07) is 3.94. The maximum Gasteiger partial charge on any atom is 0.240 e. The Morgan fingerprint density at radius 1 is 1.62 bits per heavy atom. The molecule has 1 aliphatic rings. The van der Waals surface area contributed by atoms with Crippen molar-refractivity contribution in [1.29, 1.82) is 0 Å². The number of carbonyl (C=O) groups excluding carboxylic acids is 1. The third kappa shape index (κ3) is 2.05. The summed E-state index contributed by atoms with van der Waals surface area (Å²) in [5.41, 5.74) is 7.33. The highest BCUT2D eigenvalue weighted by Crippen LogP contribution is 2.40. The zero-order chi connectivity index (χ0) is 11.7. The number of rotatable bonds is 1. The monoisotopic (exact) mass is 256 g/mol. The van der Waals surface area contributed by atoms with Crippen molar-refractivity contribution in [2.24, 2.45) is 5.73 Å². The fourth-order valence-electron chi connectivity index (χ4n) is 1.79. The summed E-state index contributed by atoms with van der Waals surface area (Å²) in [5, 5.41) is 0.629. The van der Waals surface area contributed by atoms with Gasteiger partial charge in [0.15, 0.2) is 0 Å². The fraction of sp³-hybridized carbons (Fsp3) is 0.364. The van der Waals surface area contributed by atoms with Gasteiger partial charge in [-0.25, -0.2) is 0 Å². The van der Waals surface area contributed by atoms with E-state index in [1.165, 1.54) is 0 Å². The summed E-state index contributed by atoms with van der Waals surface area (Å²) in [4.78, 5) is 14.5. The Morgan fingerprint density at radius 3 is 3.06 bits per heavy atom. The van der Waals surface area contributed by atoms with Crippen molar-refractivity contribution >= 4 is 35.0 Å². The minimum Gasteiger partial charge on any atom is -0.322 e. The standard InChI is InChI=1S/C11H13ClN2OS/c1-7-4-8(12)11-9(5-7)16-3-2-14(11)10(15)6-13/h4-5H,2-3,6,13H2,1H3. The molecule has 0 bridgehead atoms. The number of nitrogens with two attached hydrogens (primary N) is 1. The Hall–Kier alpha value is -0.710. The van der Waals surface area contributed by atoms with Crippen molar-refractivity contribution in [3.8, 4) is 0 Å². The highest BCUT2D eigenvalue weighted by Gasteiger charge is 2.24. The van der Waals surface area contributed by atoms with Gasteiger partial charge in [-0.15, -0.1) is 11.8 Å². The average molecular weight is 257 g/mol. The molecule has 0 radical (unpaired) electrons. The van der Waals surface area contributed by atoms with Crippen LogP contribution in [0.1, 0.15) is 5.56 Å². The summed E-state index contributed by atoms with van der Waals surface area (Å²) < 4.78 is 0. The summed E-state index contributed by atoms with van der Waals surface area (Å²) in [6.07, 6.45) is 0. The molecule has 0 unspecified atom stereocenters. The maximum atomic E-state index is 11.7. The van der Waals surface area contributed by atoms with Crippen LogP contribution in [-0.2, 0) is 4.79 Å². The fourth-order valence-corrected chi connectivity index (χ4v) is 3.34. The quantitative estimate of drug-likeness (QED) is 0.837. The predicted molar refractivity (Wildman–Crippen MR) is 68.3 cm³/mol. The zero-order valence-electron chi connectivity index (χ0n) is 9.00. The molecule has 1 aliphatic heterocycles. The first-order valence-corrected chi connectivity index (χ1v) is 6.43. The van der Waals surface area contributed by atoms with E-state index >= 15 is 0 Å². The molecule has 0 saturated heterocycles. The molecule has 2 N–H and O–H groups in total. The van der Waals surface area contributed by atoms with E-state index in [-0.39, 0.29) is 12.5 Å². The zero-order valence-corrected chi connectivity index (χ0v) is 10.6. The number of carbonyl (C=O) groups is 1. The Labute approximate surface area is 104 Å². The average Bonchev–Trinajstić information content (AvgIpc) is 2.26. The molecule has 0 atom stereocenters. The van der Waals surface area contributed by atoms with E-state index in [2.05, 4.69) is 6.07 Å². The molecule has 2 rings (SSSR count). The minimum absolute atomic E-state index is 0.0221. The number of hydrogen-bond donors (Lipinski definition) is 1. The molecular formula is C11H13ClN2OS. The number of nitrogens with zero attached hydrogens (tertiary/aromatic N) is 1. The Kier molecular flexibility index (Phi) is 3.42. The molecule has 16 heavy (non-hydrogen) atoms. The summed E-state index contributed by atoms with van der Waals surface area (Å²) >= 11 is 7.92. The third-order valence-corrected chi connectivity index (χ3v) is 3.79. The summed E-state index contributed by atoms with van der Waals surface area (Å²) in [6.45, 7) is 2.70. The molecule has 0 aliphatic carbocycles. The highest BCUT2D eigenvalue weighted by molar-refractivity contribution is 7.99. The van der Waals surface area contributed by atoms with Gasteiger partial charge in [0, 0.05) is 17.2 Å². The first-order valence-electron chi connectivity index (χ1n) is 5.07. The first-order chi connectivity index (χ1) is 7.63. The molecule has 0 fully saturated rings. The van der Waals surface area contributed by atoms with E-state index in [1.807, 2.05) is 13.0 Å². The van der Waals surface area contributed by atoms with Gasteiger partial charge in [-0.05, 0) is 24.6 Å². The van der Waals surface area contributed by atoms with Gasteiger partial charge in [-0.2, -0.15) is 0 Å². The van der Waals surface area contributed by atoms with Crippen LogP contribution in [0.2, 0.25) is 5.02 Å². The van der Waals surface area contributed by atoms with Crippen LogP contribution in [0.15, 0.2) is 17.0 Å². The van der Waals surface area contributed by atoms with Crippen LogP contribution in [0.3, 0.4) is 0 Å². The van der Waals surface area contributed by atoms with Crippen molar-refractivity contribution in [2.75, 3.05) is 23.7 Å². The second kappa shape index (κ2) is 4.65. The van der Waals surface area contributed by atoms with Crippen LogP contribution in [-0.4, -0.2) is 24.7 Å². The van der Waals surface area contributed by atoms with Crippen molar-refractivity contribution in [1.82, 2.24) is 0 Å². The molecule has 1 aromatic carbocycles. The summed E-state index contributed by atoms with van der Waals surface area (Å²) in [7, 11) is 0. The van der Waals surface area contributed by atoms with E-state index in [0.29, 0.717) is 11.6 Å². The molecule has 1 amide bonds. The number of benzene rings is 1. The van der Waals surface area contributed by atoms with E-state index in [9.17, 15) is 4.79 Å². The molecule has 5 heteroatoms. The van der Waals surface area contributed by atoms with Gasteiger partial charge in [0.05, 0.1) is 17.3 Å². The van der Waals surface area contributed by atoms with Crippen molar-refractivity contribution in [2.45, 2.75) is 11.8 Å². The van der Waals surface area contributed by atoms with Gasteiger partial charge in [-0.3, -0.25) is 4.79 Å².